The van der Waals surface area contributed by atoms with Gasteiger partial charge in [0.1, 0.15) is 17.5 Å². The predicted molar refractivity (Wildman–Crippen MR) is 96.4 cm³/mol. The number of piperazine rings is 1. The van der Waals surface area contributed by atoms with Gasteiger partial charge in [-0.25, -0.2) is 13.8 Å². The van der Waals surface area contributed by atoms with Crippen molar-refractivity contribution in [3.8, 4) is 0 Å². The van der Waals surface area contributed by atoms with E-state index in [2.05, 4.69) is 22.2 Å². The molecule has 1 saturated heterocycles. The Morgan fingerprint density at radius 3 is 2.56 bits per heavy atom. The molecule has 7 heteroatoms. The van der Waals surface area contributed by atoms with Gasteiger partial charge in [-0.1, -0.05) is 11.6 Å². The molecule has 0 atom stereocenters. The van der Waals surface area contributed by atoms with Crippen molar-refractivity contribution in [1.29, 1.82) is 0 Å². The van der Waals surface area contributed by atoms with Crippen LogP contribution in [0.4, 0.5) is 25.8 Å². The van der Waals surface area contributed by atoms with Crippen LogP contribution in [0, 0.1) is 11.6 Å². The molecule has 0 spiro atoms. The Morgan fingerprint density at radius 2 is 1.80 bits per heavy atom. The van der Waals surface area contributed by atoms with Crippen molar-refractivity contribution >= 4 is 34.5 Å². The topological polar surface area (TPSA) is 30.9 Å². The third kappa shape index (κ3) is 3.07. The number of halogens is 3. The number of likely N-dealkylation sites (N-methyl/N-ethyl adjacent to an activating group) is 1. The van der Waals surface area contributed by atoms with Gasteiger partial charge in [0.15, 0.2) is 0 Å². The van der Waals surface area contributed by atoms with Gasteiger partial charge in [-0.2, -0.15) is 0 Å². The lowest BCUT2D eigenvalue weighted by Crippen LogP contribution is -2.47. The highest BCUT2D eigenvalue weighted by atomic mass is 35.5. The molecule has 1 N–H and O–H groups in total. The average molecular weight is 363 g/mol. The van der Waals surface area contributed by atoms with E-state index in [1.54, 1.807) is 6.07 Å². The van der Waals surface area contributed by atoms with E-state index in [4.69, 9.17) is 16.6 Å². The number of fused-ring (bicyclic) bond motifs is 2. The Morgan fingerprint density at radius 1 is 1.04 bits per heavy atom. The number of hydrogen-bond donors (Lipinski definition) is 1. The quantitative estimate of drug-likeness (QED) is 0.768. The number of aliphatic imine (C=N–C) groups is 1. The van der Waals surface area contributed by atoms with Gasteiger partial charge in [0.2, 0.25) is 0 Å². The van der Waals surface area contributed by atoms with Crippen molar-refractivity contribution in [2.75, 3.05) is 38.5 Å². The summed E-state index contributed by atoms with van der Waals surface area (Å²) in [5, 5.41) is 3.11. The summed E-state index contributed by atoms with van der Waals surface area (Å²) in [6, 6.07) is 7.32. The van der Waals surface area contributed by atoms with E-state index in [1.165, 1.54) is 24.3 Å². The number of nitrogens with zero attached hydrogens (tertiary/aromatic N) is 3. The number of amidine groups is 1. The van der Waals surface area contributed by atoms with E-state index < -0.39 is 5.82 Å². The molecule has 2 heterocycles. The Hall–Kier alpha value is -2.18. The van der Waals surface area contributed by atoms with E-state index >= 15 is 0 Å². The monoisotopic (exact) mass is 362 g/mol. The molecule has 2 aliphatic heterocycles. The number of hydrogen-bond acceptors (Lipinski definition) is 4. The van der Waals surface area contributed by atoms with E-state index in [-0.39, 0.29) is 10.8 Å². The standard InChI is InChI=1S/C18H17ClF2N4/c1-24-4-6-25(7-5-24)18-12-3-2-11(20)8-15(12)22-17-10-14(21)13(19)9-16(17)23-18/h2-3,8-10,22H,4-7H2,1H3. The van der Waals surface area contributed by atoms with Crippen LogP contribution in [-0.2, 0) is 0 Å². The van der Waals surface area contributed by atoms with Crippen LogP contribution in [0.1, 0.15) is 5.56 Å². The van der Waals surface area contributed by atoms with Gasteiger partial charge in [0, 0.05) is 37.8 Å². The Kier molecular flexibility index (Phi) is 4.09. The van der Waals surface area contributed by atoms with Crippen LogP contribution >= 0.6 is 11.6 Å². The number of rotatable bonds is 0. The smallest absolute Gasteiger partial charge is 0.144 e. The fourth-order valence-corrected chi connectivity index (χ4v) is 3.28. The van der Waals surface area contributed by atoms with Gasteiger partial charge >= 0.3 is 0 Å². The summed E-state index contributed by atoms with van der Waals surface area (Å²) in [6.07, 6.45) is 0. The van der Waals surface area contributed by atoms with E-state index in [0.29, 0.717) is 17.1 Å². The molecule has 25 heavy (non-hydrogen) atoms. The van der Waals surface area contributed by atoms with Crippen molar-refractivity contribution in [1.82, 2.24) is 9.80 Å². The first kappa shape index (κ1) is 16.3. The molecule has 4 nitrogen and oxygen atoms in total. The number of anilines is 2. The van der Waals surface area contributed by atoms with Gasteiger partial charge in [0.05, 0.1) is 22.1 Å². The summed E-state index contributed by atoms with van der Waals surface area (Å²) in [5.74, 6) is -0.150. The van der Waals surface area contributed by atoms with Crippen LogP contribution in [0.2, 0.25) is 5.02 Å². The lowest BCUT2D eigenvalue weighted by Gasteiger charge is -2.34. The lowest BCUT2D eigenvalue weighted by atomic mass is 10.1. The zero-order valence-corrected chi connectivity index (χ0v) is 14.4. The SMILES string of the molecule is CN1CCN(C2=Nc3cc(Cl)c(F)cc3Nc3cc(F)ccc32)CC1. The zero-order chi connectivity index (χ0) is 17.6. The average Bonchev–Trinajstić information content (AvgIpc) is 2.72. The Bertz CT molecular complexity index is 860. The van der Waals surface area contributed by atoms with Crippen LogP contribution in [0.3, 0.4) is 0 Å². The maximum absolute atomic E-state index is 13.9. The summed E-state index contributed by atoms with van der Waals surface area (Å²) < 4.78 is 27.7. The highest BCUT2D eigenvalue weighted by Gasteiger charge is 2.25. The van der Waals surface area contributed by atoms with Crippen molar-refractivity contribution in [3.05, 3.63) is 52.6 Å². The van der Waals surface area contributed by atoms with Gasteiger partial charge in [-0.05, 0) is 31.3 Å². The molecule has 0 aromatic heterocycles. The third-order valence-corrected chi connectivity index (χ3v) is 4.85. The first-order valence-corrected chi connectivity index (χ1v) is 8.47. The maximum Gasteiger partial charge on any atom is 0.144 e. The molecule has 0 radical (unpaired) electrons. The summed E-state index contributed by atoms with van der Waals surface area (Å²) in [5.41, 5.74) is 2.37. The molecule has 0 unspecified atom stereocenters. The highest BCUT2D eigenvalue weighted by molar-refractivity contribution is 6.31. The molecule has 2 aliphatic rings. The van der Waals surface area contributed by atoms with Crippen LogP contribution in [0.15, 0.2) is 35.3 Å². The van der Waals surface area contributed by atoms with Gasteiger partial charge < -0.3 is 15.1 Å². The minimum atomic E-state index is -0.538. The van der Waals surface area contributed by atoms with Crippen LogP contribution < -0.4 is 5.32 Å². The van der Waals surface area contributed by atoms with Crippen molar-refractivity contribution in [2.24, 2.45) is 4.99 Å². The maximum atomic E-state index is 13.9. The molecule has 2 aromatic rings. The van der Waals surface area contributed by atoms with E-state index in [1.807, 2.05) is 0 Å². The van der Waals surface area contributed by atoms with Crippen LogP contribution in [0.5, 0.6) is 0 Å². The van der Waals surface area contributed by atoms with Crippen LogP contribution in [-0.4, -0.2) is 48.9 Å². The lowest BCUT2D eigenvalue weighted by molar-refractivity contribution is 0.216. The largest absolute Gasteiger partial charge is 0.353 e. The summed E-state index contributed by atoms with van der Waals surface area (Å²) in [6.45, 7) is 3.47. The minimum Gasteiger partial charge on any atom is -0.353 e. The van der Waals surface area contributed by atoms with Crippen molar-refractivity contribution < 1.29 is 8.78 Å². The van der Waals surface area contributed by atoms with Crippen LogP contribution in [0.25, 0.3) is 0 Å². The summed E-state index contributed by atoms with van der Waals surface area (Å²) >= 11 is 5.94. The molecule has 2 aromatic carbocycles. The second-order valence-corrected chi connectivity index (χ2v) is 6.73. The highest BCUT2D eigenvalue weighted by Crippen LogP contribution is 2.38. The number of nitrogens with one attached hydrogen (secondary N) is 1. The van der Waals surface area contributed by atoms with E-state index in [0.717, 1.165) is 37.6 Å². The minimum absolute atomic E-state index is 0.0131. The third-order valence-electron chi connectivity index (χ3n) is 4.56. The molecule has 0 aliphatic carbocycles. The van der Waals surface area contributed by atoms with Gasteiger partial charge in [-0.3, -0.25) is 0 Å². The molecule has 130 valence electrons. The molecule has 0 saturated carbocycles. The second kappa shape index (κ2) is 6.28. The summed E-state index contributed by atoms with van der Waals surface area (Å²) in [7, 11) is 2.08. The molecule has 0 amide bonds. The molecule has 1 fully saturated rings. The molecular formula is C18H17ClF2N4. The van der Waals surface area contributed by atoms with Gasteiger partial charge in [-0.15, -0.1) is 0 Å². The van der Waals surface area contributed by atoms with Gasteiger partial charge in [0.25, 0.3) is 0 Å². The Labute approximate surface area is 149 Å². The fourth-order valence-electron chi connectivity index (χ4n) is 3.12. The fraction of sp³-hybridized carbons (Fsp3) is 0.278. The predicted octanol–water partition coefficient (Wildman–Crippen LogP) is 4.00. The molecule has 0 bridgehead atoms. The normalized spacial score (nSPS) is 17.3. The van der Waals surface area contributed by atoms with Crippen molar-refractivity contribution in [3.63, 3.8) is 0 Å². The first-order chi connectivity index (χ1) is 12.0. The zero-order valence-electron chi connectivity index (χ0n) is 13.7. The number of benzene rings is 2. The second-order valence-electron chi connectivity index (χ2n) is 6.32. The van der Waals surface area contributed by atoms with E-state index in [9.17, 15) is 8.78 Å². The van der Waals surface area contributed by atoms with Crippen molar-refractivity contribution in [2.45, 2.75) is 0 Å². The molecule has 4 rings (SSSR count). The molecular weight excluding hydrogens is 346 g/mol. The Balaban J connectivity index is 1.86. The summed E-state index contributed by atoms with van der Waals surface area (Å²) in [4.78, 5) is 9.17. The first-order valence-electron chi connectivity index (χ1n) is 8.09.